The number of hydrogen-bond donors (Lipinski definition) is 0. The van der Waals surface area contributed by atoms with Crippen LogP contribution in [0.3, 0.4) is 0 Å². The van der Waals surface area contributed by atoms with Crippen LogP contribution in [-0.2, 0) is 0 Å². The second-order valence-corrected chi connectivity index (χ2v) is 5.86. The average Bonchev–Trinajstić information content (AvgIpc) is 2.45. The van der Waals surface area contributed by atoms with Crippen LogP contribution in [0, 0.1) is 20.8 Å². The molecule has 0 amide bonds. The largest absolute Gasteiger partial charge is 0.233 e. The average molecular weight is 238 g/mol. The highest BCUT2D eigenvalue weighted by Gasteiger charge is 2.31. The van der Waals surface area contributed by atoms with Crippen LogP contribution in [0.5, 0.6) is 0 Å². The topological polar surface area (TPSA) is 0 Å². The van der Waals surface area contributed by atoms with E-state index in [2.05, 4.69) is 60.6 Å². The molecule has 0 radical (unpaired) electrons. The molecule has 1 aromatic rings. The van der Waals surface area contributed by atoms with Crippen molar-refractivity contribution in [3.05, 3.63) is 50.9 Å². The van der Waals surface area contributed by atoms with E-state index in [1.807, 2.05) is 0 Å². The van der Waals surface area contributed by atoms with Crippen molar-refractivity contribution in [3.8, 4) is 0 Å². The van der Waals surface area contributed by atoms with Gasteiger partial charge < -0.3 is 0 Å². The summed E-state index contributed by atoms with van der Waals surface area (Å²) in [5, 5.41) is 0. The van der Waals surface area contributed by atoms with Gasteiger partial charge in [-0.15, -0.1) is 0 Å². The van der Waals surface area contributed by atoms with Crippen LogP contribution < -0.4 is 5.46 Å². The molecular formula is C17H23B. The van der Waals surface area contributed by atoms with E-state index in [4.69, 9.17) is 0 Å². The highest BCUT2D eigenvalue weighted by molar-refractivity contribution is 6.87. The first-order valence-electron chi connectivity index (χ1n) is 6.77. The van der Waals surface area contributed by atoms with E-state index >= 15 is 0 Å². The number of allylic oxidation sites excluding steroid dienone is 4. The predicted molar refractivity (Wildman–Crippen MR) is 82.8 cm³/mol. The molecule has 0 unspecified atom stereocenters. The molecule has 0 saturated carbocycles. The normalized spacial score (nSPS) is 16.1. The van der Waals surface area contributed by atoms with Gasteiger partial charge in [-0.1, -0.05) is 70.2 Å². The van der Waals surface area contributed by atoms with Gasteiger partial charge in [0.2, 0.25) is 6.71 Å². The molecule has 0 nitrogen and oxygen atoms in total. The van der Waals surface area contributed by atoms with Crippen LogP contribution in [0.4, 0.5) is 0 Å². The van der Waals surface area contributed by atoms with Crippen molar-refractivity contribution in [1.82, 2.24) is 0 Å². The van der Waals surface area contributed by atoms with Crippen LogP contribution in [0.2, 0.25) is 0 Å². The third-order valence-electron chi connectivity index (χ3n) is 4.64. The van der Waals surface area contributed by atoms with Crippen LogP contribution in [0.15, 0.2) is 34.2 Å². The molecule has 0 N–H and O–H groups in total. The molecule has 0 atom stereocenters. The lowest BCUT2D eigenvalue weighted by Gasteiger charge is -2.18. The molecule has 0 aromatic heterocycles. The van der Waals surface area contributed by atoms with Gasteiger partial charge in [-0.25, -0.2) is 0 Å². The minimum absolute atomic E-state index is 0.505. The second-order valence-electron chi connectivity index (χ2n) is 5.86. The summed E-state index contributed by atoms with van der Waals surface area (Å²) < 4.78 is 0. The van der Waals surface area contributed by atoms with Crippen molar-refractivity contribution in [2.45, 2.75) is 48.5 Å². The third-order valence-corrected chi connectivity index (χ3v) is 4.64. The van der Waals surface area contributed by atoms with Crippen molar-refractivity contribution >= 4 is 12.2 Å². The van der Waals surface area contributed by atoms with Crippen molar-refractivity contribution in [2.24, 2.45) is 0 Å². The predicted octanol–water partition coefficient (Wildman–Crippen LogP) is 4.08. The van der Waals surface area contributed by atoms with Crippen LogP contribution in [0.25, 0.3) is 0 Å². The van der Waals surface area contributed by atoms with Crippen molar-refractivity contribution in [1.29, 1.82) is 0 Å². The van der Waals surface area contributed by atoms with Gasteiger partial charge in [0.15, 0.2) is 0 Å². The van der Waals surface area contributed by atoms with E-state index in [0.717, 1.165) is 0 Å². The summed E-state index contributed by atoms with van der Waals surface area (Å²) in [5.41, 5.74) is 11.8. The molecule has 1 heterocycles. The van der Waals surface area contributed by atoms with Gasteiger partial charge in [0.1, 0.15) is 0 Å². The highest BCUT2D eigenvalue weighted by atomic mass is 14.1. The smallest absolute Gasteiger partial charge is 0.0910 e. The highest BCUT2D eigenvalue weighted by Crippen LogP contribution is 2.31. The fourth-order valence-corrected chi connectivity index (χ4v) is 3.43. The maximum atomic E-state index is 2.31. The third kappa shape index (κ3) is 1.86. The SMILES string of the molecule is CC1=C(C)C(C)=C(C)B1c1c(C)cc(C)cc1C. The molecule has 0 fully saturated rings. The van der Waals surface area contributed by atoms with Crippen molar-refractivity contribution < 1.29 is 0 Å². The molecule has 1 aliphatic heterocycles. The molecule has 0 saturated heterocycles. The van der Waals surface area contributed by atoms with E-state index in [9.17, 15) is 0 Å². The molecule has 1 heteroatoms. The Morgan fingerprint density at radius 3 is 1.44 bits per heavy atom. The Bertz CT molecular complexity index is 526. The second kappa shape index (κ2) is 4.46. The van der Waals surface area contributed by atoms with Crippen molar-refractivity contribution in [3.63, 3.8) is 0 Å². The quantitative estimate of drug-likeness (QED) is 0.647. The lowest BCUT2D eigenvalue weighted by atomic mass is 9.36. The number of aryl methyl sites for hydroxylation is 3. The molecule has 0 spiro atoms. The molecule has 94 valence electrons. The molecule has 2 rings (SSSR count). The molecule has 1 aliphatic rings. The Balaban J connectivity index is 2.65. The summed E-state index contributed by atoms with van der Waals surface area (Å²) in [6, 6.07) is 4.62. The van der Waals surface area contributed by atoms with Gasteiger partial charge in [0.25, 0.3) is 0 Å². The first-order chi connectivity index (χ1) is 8.34. The maximum Gasteiger partial charge on any atom is 0.233 e. The number of rotatable bonds is 1. The Labute approximate surface area is 112 Å². The van der Waals surface area contributed by atoms with E-state index < -0.39 is 0 Å². The van der Waals surface area contributed by atoms with Crippen LogP contribution in [-0.4, -0.2) is 6.71 Å². The van der Waals surface area contributed by atoms with E-state index in [0.29, 0.717) is 6.71 Å². The lowest BCUT2D eigenvalue weighted by Crippen LogP contribution is -2.36. The van der Waals surface area contributed by atoms with E-state index in [1.54, 1.807) is 0 Å². The van der Waals surface area contributed by atoms with Crippen molar-refractivity contribution in [2.75, 3.05) is 0 Å². The van der Waals surface area contributed by atoms with Crippen LogP contribution in [0.1, 0.15) is 44.4 Å². The Kier molecular flexibility index (Phi) is 3.27. The van der Waals surface area contributed by atoms with Gasteiger partial charge in [0, 0.05) is 0 Å². The Hall–Kier alpha value is -1.24. The van der Waals surface area contributed by atoms with Gasteiger partial charge in [-0.05, 0) is 34.6 Å². The molecule has 0 bridgehead atoms. The zero-order chi connectivity index (χ0) is 13.6. The summed E-state index contributed by atoms with van der Waals surface area (Å²) in [5.74, 6) is 0. The summed E-state index contributed by atoms with van der Waals surface area (Å²) in [6.45, 7) is 16.3. The minimum Gasteiger partial charge on any atom is -0.0910 e. The minimum atomic E-state index is 0.505. The first-order valence-corrected chi connectivity index (χ1v) is 6.77. The summed E-state index contributed by atoms with van der Waals surface area (Å²) in [7, 11) is 0. The molecule has 18 heavy (non-hydrogen) atoms. The number of benzene rings is 1. The van der Waals surface area contributed by atoms with E-state index in [-0.39, 0.29) is 0 Å². The lowest BCUT2D eigenvalue weighted by molar-refractivity contribution is 1.31. The van der Waals surface area contributed by atoms with Gasteiger partial charge in [-0.2, -0.15) is 0 Å². The zero-order valence-electron chi connectivity index (χ0n) is 12.7. The monoisotopic (exact) mass is 238 g/mol. The molecule has 1 aromatic carbocycles. The zero-order valence-corrected chi connectivity index (χ0v) is 12.7. The Morgan fingerprint density at radius 1 is 0.667 bits per heavy atom. The van der Waals surface area contributed by atoms with E-state index in [1.165, 1.54) is 44.2 Å². The summed E-state index contributed by atoms with van der Waals surface area (Å²) >= 11 is 0. The van der Waals surface area contributed by atoms with Gasteiger partial charge >= 0.3 is 0 Å². The van der Waals surface area contributed by atoms with Gasteiger partial charge in [-0.3, -0.25) is 0 Å². The summed E-state index contributed by atoms with van der Waals surface area (Å²) in [4.78, 5) is 0. The van der Waals surface area contributed by atoms with Crippen LogP contribution >= 0.6 is 0 Å². The maximum absolute atomic E-state index is 2.31. The molecule has 0 aliphatic carbocycles. The fraction of sp³-hybridized carbons (Fsp3) is 0.412. The van der Waals surface area contributed by atoms with Gasteiger partial charge in [0.05, 0.1) is 0 Å². The number of hydrogen-bond acceptors (Lipinski definition) is 0. The summed E-state index contributed by atoms with van der Waals surface area (Å²) in [6.07, 6.45) is 0. The first kappa shape index (κ1) is 13.2. The standard InChI is InChI=1S/C17H23B/c1-10-8-11(2)17(12(3)9-10)18-15(6)13(4)14(5)16(18)7/h8-9H,1-7H3. The Morgan fingerprint density at radius 2 is 1.06 bits per heavy atom. The fourth-order valence-electron chi connectivity index (χ4n) is 3.43. The molecular weight excluding hydrogens is 215 g/mol.